The van der Waals surface area contributed by atoms with E-state index in [1.165, 1.54) is 37.7 Å². The van der Waals surface area contributed by atoms with Gasteiger partial charge in [-0.05, 0) is 30.5 Å². The third-order valence-corrected chi connectivity index (χ3v) is 4.61. The Hall–Kier alpha value is -2.62. The van der Waals surface area contributed by atoms with Crippen molar-refractivity contribution in [3.63, 3.8) is 0 Å². The van der Waals surface area contributed by atoms with Crippen LogP contribution in [0.5, 0.6) is 0 Å². The van der Waals surface area contributed by atoms with E-state index in [9.17, 15) is 0 Å². The molecular weight excluding hydrogens is 296 g/mol. The summed E-state index contributed by atoms with van der Waals surface area (Å²) in [4.78, 5) is 9.08. The number of hydrogen-bond acceptors (Lipinski definition) is 3. The topological polar surface area (TPSA) is 42.2 Å². The van der Waals surface area contributed by atoms with Crippen LogP contribution in [0.4, 0.5) is 5.82 Å². The Morgan fingerprint density at radius 1 is 1.00 bits per heavy atom. The van der Waals surface area contributed by atoms with Gasteiger partial charge >= 0.3 is 0 Å². The van der Waals surface area contributed by atoms with E-state index in [4.69, 9.17) is 4.98 Å². The second-order valence-corrected chi connectivity index (χ2v) is 6.36. The Morgan fingerprint density at radius 2 is 1.83 bits per heavy atom. The molecule has 1 aliphatic rings. The fraction of sp³-hybridized carbons (Fsp3) is 0.300. The molecule has 3 aromatic rings. The average Bonchev–Trinajstić information content (AvgIpc) is 2.99. The Balaban J connectivity index is 1.68. The highest BCUT2D eigenvalue weighted by Gasteiger charge is 2.17. The summed E-state index contributed by atoms with van der Waals surface area (Å²) < 4.78 is 2.05. The molecule has 1 fully saturated rings. The van der Waals surface area contributed by atoms with Crippen LogP contribution in [-0.2, 0) is 0 Å². The van der Waals surface area contributed by atoms with Gasteiger partial charge in [-0.2, -0.15) is 0 Å². The number of nitrogens with zero attached hydrogens (tertiary/aromatic N) is 3. The highest BCUT2D eigenvalue weighted by Crippen LogP contribution is 2.25. The molecule has 0 aliphatic heterocycles. The number of nitrogens with one attached hydrogen (secondary N) is 1. The molecule has 0 unspecified atom stereocenters. The molecule has 122 valence electrons. The van der Waals surface area contributed by atoms with E-state index in [1.807, 2.05) is 30.5 Å². The zero-order chi connectivity index (χ0) is 16.2. The van der Waals surface area contributed by atoms with Gasteiger partial charge in [-0.25, -0.2) is 9.97 Å². The second-order valence-electron chi connectivity index (χ2n) is 6.36. The number of hydrogen-bond donors (Lipinski definition) is 1. The van der Waals surface area contributed by atoms with Crippen LogP contribution < -0.4 is 5.32 Å². The Bertz CT molecular complexity index is 829. The van der Waals surface area contributed by atoms with Gasteiger partial charge in [-0.3, -0.25) is 4.40 Å². The van der Waals surface area contributed by atoms with E-state index < -0.39 is 0 Å². The van der Waals surface area contributed by atoms with Crippen molar-refractivity contribution in [2.75, 3.05) is 5.32 Å². The number of rotatable bonds is 4. The number of fused-ring (bicyclic) bond motifs is 1. The molecule has 0 spiro atoms. The summed E-state index contributed by atoms with van der Waals surface area (Å²) in [5, 5.41) is 3.72. The van der Waals surface area contributed by atoms with Crippen molar-refractivity contribution in [3.8, 4) is 0 Å². The summed E-state index contributed by atoms with van der Waals surface area (Å²) in [6.45, 7) is 0. The van der Waals surface area contributed by atoms with Crippen LogP contribution in [0.1, 0.15) is 43.4 Å². The predicted octanol–water partition coefficient (Wildman–Crippen LogP) is 4.64. The molecule has 1 N–H and O–H groups in total. The summed E-state index contributed by atoms with van der Waals surface area (Å²) in [5.41, 5.74) is 2.12. The van der Waals surface area contributed by atoms with Crippen molar-refractivity contribution in [2.24, 2.45) is 0 Å². The molecule has 4 rings (SSSR count). The van der Waals surface area contributed by atoms with Gasteiger partial charge in [-0.15, -0.1) is 0 Å². The standard InChI is InChI=1S/C20H22N4/c1-3-8-16(9-4-1)12-13-18-19(22-17-10-5-2-6-11-17)24-15-7-14-21-20(24)23-18/h1,3-4,7-9,12-15,17,22H,2,5-6,10-11H2/b13-12+. The molecule has 1 aliphatic carbocycles. The van der Waals surface area contributed by atoms with Crippen LogP contribution in [0.2, 0.25) is 0 Å². The minimum absolute atomic E-state index is 0.530. The molecule has 0 amide bonds. The van der Waals surface area contributed by atoms with E-state index in [0.717, 1.165) is 17.3 Å². The first kappa shape index (κ1) is 14.9. The maximum atomic E-state index is 4.70. The zero-order valence-corrected chi connectivity index (χ0v) is 13.7. The van der Waals surface area contributed by atoms with E-state index in [0.29, 0.717) is 6.04 Å². The monoisotopic (exact) mass is 318 g/mol. The maximum Gasteiger partial charge on any atom is 0.235 e. The van der Waals surface area contributed by atoms with Crippen molar-refractivity contribution < 1.29 is 0 Å². The first-order valence-corrected chi connectivity index (χ1v) is 8.73. The predicted molar refractivity (Wildman–Crippen MR) is 98.9 cm³/mol. The highest BCUT2D eigenvalue weighted by atomic mass is 15.2. The summed E-state index contributed by atoms with van der Waals surface area (Å²) in [6.07, 6.45) is 14.4. The average molecular weight is 318 g/mol. The first-order valence-electron chi connectivity index (χ1n) is 8.73. The Kier molecular flexibility index (Phi) is 4.28. The van der Waals surface area contributed by atoms with E-state index in [1.54, 1.807) is 6.20 Å². The molecule has 2 heterocycles. The smallest absolute Gasteiger partial charge is 0.235 e. The third kappa shape index (κ3) is 3.18. The fourth-order valence-electron chi connectivity index (χ4n) is 3.34. The summed E-state index contributed by atoms with van der Waals surface area (Å²) in [6, 6.07) is 12.8. The molecule has 1 aromatic carbocycles. The second kappa shape index (κ2) is 6.87. The van der Waals surface area contributed by atoms with E-state index in [2.05, 4.69) is 39.0 Å². The maximum absolute atomic E-state index is 4.70. The SMILES string of the molecule is C(=C\c1nc2ncccn2c1NC1CCCCC1)/c1ccccc1. The van der Waals surface area contributed by atoms with Crippen LogP contribution in [0.25, 0.3) is 17.9 Å². The van der Waals surface area contributed by atoms with Gasteiger partial charge in [0.1, 0.15) is 11.5 Å². The molecule has 0 saturated heterocycles. The van der Waals surface area contributed by atoms with Gasteiger partial charge in [0.25, 0.3) is 0 Å². The van der Waals surface area contributed by atoms with Crippen molar-refractivity contribution in [3.05, 3.63) is 60.0 Å². The minimum Gasteiger partial charge on any atom is -0.367 e. The van der Waals surface area contributed by atoms with Crippen molar-refractivity contribution in [1.82, 2.24) is 14.4 Å². The van der Waals surface area contributed by atoms with Crippen LogP contribution in [0.15, 0.2) is 48.8 Å². The molecule has 4 nitrogen and oxygen atoms in total. The van der Waals surface area contributed by atoms with Gasteiger partial charge in [-0.1, -0.05) is 55.7 Å². The summed E-state index contributed by atoms with van der Waals surface area (Å²) in [5.74, 6) is 1.79. The van der Waals surface area contributed by atoms with E-state index >= 15 is 0 Å². The molecule has 24 heavy (non-hydrogen) atoms. The molecule has 4 heteroatoms. The zero-order valence-electron chi connectivity index (χ0n) is 13.7. The van der Waals surface area contributed by atoms with Crippen LogP contribution in [0, 0.1) is 0 Å². The van der Waals surface area contributed by atoms with Gasteiger partial charge < -0.3 is 5.32 Å². The normalized spacial score (nSPS) is 16.0. The lowest BCUT2D eigenvalue weighted by Gasteiger charge is -2.23. The van der Waals surface area contributed by atoms with Crippen molar-refractivity contribution >= 4 is 23.7 Å². The lowest BCUT2D eigenvalue weighted by atomic mass is 9.95. The van der Waals surface area contributed by atoms with Crippen LogP contribution in [0.3, 0.4) is 0 Å². The van der Waals surface area contributed by atoms with Crippen LogP contribution in [-0.4, -0.2) is 20.4 Å². The van der Waals surface area contributed by atoms with Gasteiger partial charge in [0.15, 0.2) is 0 Å². The number of anilines is 1. The molecule has 0 radical (unpaired) electrons. The largest absolute Gasteiger partial charge is 0.367 e. The Labute approximate surface area is 142 Å². The van der Waals surface area contributed by atoms with Gasteiger partial charge in [0.2, 0.25) is 5.78 Å². The molecular formula is C20H22N4. The third-order valence-electron chi connectivity index (χ3n) is 4.61. The Morgan fingerprint density at radius 3 is 2.67 bits per heavy atom. The van der Waals surface area contributed by atoms with Crippen LogP contribution >= 0.6 is 0 Å². The molecule has 2 aromatic heterocycles. The van der Waals surface area contributed by atoms with E-state index in [-0.39, 0.29) is 0 Å². The summed E-state index contributed by atoms with van der Waals surface area (Å²) >= 11 is 0. The quantitative estimate of drug-likeness (QED) is 0.761. The highest BCUT2D eigenvalue weighted by molar-refractivity contribution is 5.75. The fourth-order valence-corrected chi connectivity index (χ4v) is 3.34. The van der Waals surface area contributed by atoms with Gasteiger partial charge in [0.05, 0.1) is 0 Å². The molecule has 1 saturated carbocycles. The first-order chi connectivity index (χ1) is 11.9. The number of aromatic nitrogens is 3. The van der Waals surface area contributed by atoms with Crippen molar-refractivity contribution in [2.45, 2.75) is 38.1 Å². The lowest BCUT2D eigenvalue weighted by molar-refractivity contribution is 0.461. The minimum atomic E-state index is 0.530. The number of benzene rings is 1. The van der Waals surface area contributed by atoms with Gasteiger partial charge in [0, 0.05) is 18.4 Å². The molecule has 0 bridgehead atoms. The molecule has 0 atom stereocenters. The summed E-state index contributed by atoms with van der Waals surface area (Å²) in [7, 11) is 0. The van der Waals surface area contributed by atoms with Crippen molar-refractivity contribution in [1.29, 1.82) is 0 Å². The number of imidazole rings is 1. The lowest BCUT2D eigenvalue weighted by Crippen LogP contribution is -2.23.